The SMILES string of the molecule is CCn1cc(NC(=O)c2c(-c3c(F)cccc3Cl)noc2C)ccc1=O. The van der Waals surface area contributed by atoms with Gasteiger partial charge in [0.2, 0.25) is 0 Å². The molecule has 134 valence electrons. The van der Waals surface area contributed by atoms with Crippen molar-refractivity contribution in [3.05, 3.63) is 69.0 Å². The van der Waals surface area contributed by atoms with Gasteiger partial charge in [-0.05, 0) is 32.0 Å². The summed E-state index contributed by atoms with van der Waals surface area (Å²) in [6, 6.07) is 7.04. The molecule has 0 atom stereocenters. The van der Waals surface area contributed by atoms with Crippen molar-refractivity contribution >= 4 is 23.2 Å². The number of carbonyl (C=O) groups is 1. The molecule has 0 fully saturated rings. The lowest BCUT2D eigenvalue weighted by Crippen LogP contribution is -2.20. The van der Waals surface area contributed by atoms with Gasteiger partial charge in [0, 0.05) is 18.8 Å². The van der Waals surface area contributed by atoms with Gasteiger partial charge in [0.15, 0.2) is 0 Å². The Morgan fingerprint density at radius 1 is 1.35 bits per heavy atom. The molecule has 8 heteroatoms. The van der Waals surface area contributed by atoms with E-state index in [1.165, 1.54) is 41.1 Å². The Labute approximate surface area is 153 Å². The number of anilines is 1. The monoisotopic (exact) mass is 375 g/mol. The molecule has 0 unspecified atom stereocenters. The van der Waals surface area contributed by atoms with E-state index in [-0.39, 0.29) is 33.2 Å². The molecule has 0 radical (unpaired) electrons. The fourth-order valence-corrected chi connectivity index (χ4v) is 2.83. The van der Waals surface area contributed by atoms with E-state index in [0.717, 1.165) is 0 Å². The van der Waals surface area contributed by atoms with Crippen molar-refractivity contribution in [2.75, 3.05) is 5.32 Å². The van der Waals surface area contributed by atoms with E-state index in [4.69, 9.17) is 16.1 Å². The fourth-order valence-electron chi connectivity index (χ4n) is 2.58. The van der Waals surface area contributed by atoms with E-state index >= 15 is 0 Å². The second kappa shape index (κ2) is 7.13. The number of hydrogen-bond acceptors (Lipinski definition) is 4. The normalized spacial score (nSPS) is 10.8. The van der Waals surface area contributed by atoms with Gasteiger partial charge in [0.05, 0.1) is 16.3 Å². The van der Waals surface area contributed by atoms with Crippen molar-refractivity contribution in [2.24, 2.45) is 0 Å². The van der Waals surface area contributed by atoms with Gasteiger partial charge in [-0.2, -0.15) is 0 Å². The van der Waals surface area contributed by atoms with Crippen LogP contribution in [-0.4, -0.2) is 15.6 Å². The van der Waals surface area contributed by atoms with Crippen molar-refractivity contribution in [3.8, 4) is 11.3 Å². The highest BCUT2D eigenvalue weighted by Crippen LogP contribution is 2.33. The minimum Gasteiger partial charge on any atom is -0.360 e. The Morgan fingerprint density at radius 2 is 2.12 bits per heavy atom. The number of nitrogens with zero attached hydrogens (tertiary/aromatic N) is 2. The van der Waals surface area contributed by atoms with Crippen LogP contribution in [0.3, 0.4) is 0 Å². The number of amides is 1. The highest BCUT2D eigenvalue weighted by Gasteiger charge is 2.25. The molecular formula is C18H15ClFN3O3. The molecule has 0 aliphatic rings. The number of halogens is 2. The van der Waals surface area contributed by atoms with E-state index in [0.29, 0.717) is 12.2 Å². The summed E-state index contributed by atoms with van der Waals surface area (Å²) in [5.74, 6) is -0.931. The van der Waals surface area contributed by atoms with Crippen molar-refractivity contribution < 1.29 is 13.7 Å². The Morgan fingerprint density at radius 3 is 2.81 bits per heavy atom. The van der Waals surface area contributed by atoms with Crippen molar-refractivity contribution in [1.29, 1.82) is 0 Å². The van der Waals surface area contributed by atoms with Gasteiger partial charge in [0.1, 0.15) is 22.8 Å². The predicted octanol–water partition coefficient (Wildman–Crippen LogP) is 3.88. The zero-order chi connectivity index (χ0) is 18.8. The van der Waals surface area contributed by atoms with Crippen LogP contribution in [0.1, 0.15) is 23.0 Å². The highest BCUT2D eigenvalue weighted by molar-refractivity contribution is 6.33. The first-order chi connectivity index (χ1) is 12.4. The smallest absolute Gasteiger partial charge is 0.261 e. The summed E-state index contributed by atoms with van der Waals surface area (Å²) in [7, 11) is 0. The van der Waals surface area contributed by atoms with Gasteiger partial charge in [0.25, 0.3) is 11.5 Å². The van der Waals surface area contributed by atoms with Crippen LogP contribution in [0.15, 0.2) is 45.8 Å². The van der Waals surface area contributed by atoms with Crippen LogP contribution < -0.4 is 10.9 Å². The Hall–Kier alpha value is -2.93. The molecule has 0 aliphatic heterocycles. The highest BCUT2D eigenvalue weighted by atomic mass is 35.5. The van der Waals surface area contributed by atoms with Crippen molar-refractivity contribution in [1.82, 2.24) is 9.72 Å². The Bertz CT molecular complexity index is 1020. The minimum absolute atomic E-state index is 0.00491. The number of aryl methyl sites for hydroxylation is 2. The molecule has 3 rings (SSSR count). The van der Waals surface area contributed by atoms with E-state index < -0.39 is 11.7 Å². The molecule has 26 heavy (non-hydrogen) atoms. The van der Waals surface area contributed by atoms with Crippen LogP contribution in [0, 0.1) is 12.7 Å². The summed E-state index contributed by atoms with van der Waals surface area (Å²) in [6.45, 7) is 3.83. The molecule has 1 amide bonds. The first kappa shape index (κ1) is 17.9. The number of pyridine rings is 1. The zero-order valence-electron chi connectivity index (χ0n) is 14.0. The third-order valence-corrected chi connectivity index (χ3v) is 4.19. The zero-order valence-corrected chi connectivity index (χ0v) is 14.8. The molecule has 0 spiro atoms. The summed E-state index contributed by atoms with van der Waals surface area (Å²) in [6.07, 6.45) is 1.53. The standard InChI is InChI=1S/C18H15ClFN3O3/c1-3-23-9-11(7-8-14(23)24)21-18(25)15-10(2)26-22-17(15)16-12(19)5-4-6-13(16)20/h4-9H,3H2,1-2H3,(H,21,25). The maximum atomic E-state index is 14.2. The van der Waals surface area contributed by atoms with Crippen LogP contribution in [0.4, 0.5) is 10.1 Å². The number of nitrogens with one attached hydrogen (secondary N) is 1. The first-order valence-electron chi connectivity index (χ1n) is 7.85. The van der Waals surface area contributed by atoms with Crippen LogP contribution in [0.2, 0.25) is 5.02 Å². The number of hydrogen-bond donors (Lipinski definition) is 1. The number of benzene rings is 1. The Balaban J connectivity index is 2.01. The van der Waals surface area contributed by atoms with Crippen LogP contribution in [0.5, 0.6) is 0 Å². The van der Waals surface area contributed by atoms with Gasteiger partial charge in [-0.25, -0.2) is 4.39 Å². The molecule has 3 aromatic rings. The third-order valence-electron chi connectivity index (χ3n) is 3.87. The van der Waals surface area contributed by atoms with Crippen LogP contribution >= 0.6 is 11.6 Å². The molecule has 1 aromatic carbocycles. The summed E-state index contributed by atoms with van der Waals surface area (Å²) in [5.41, 5.74) is 0.334. The van der Waals surface area contributed by atoms with Gasteiger partial charge in [-0.1, -0.05) is 22.8 Å². The fraction of sp³-hybridized carbons (Fsp3) is 0.167. The Kier molecular flexibility index (Phi) is 4.90. The van der Waals surface area contributed by atoms with Crippen molar-refractivity contribution in [3.63, 3.8) is 0 Å². The lowest BCUT2D eigenvalue weighted by molar-refractivity contribution is 0.102. The van der Waals surface area contributed by atoms with Crippen LogP contribution in [-0.2, 0) is 6.54 Å². The summed E-state index contributed by atoms with van der Waals surface area (Å²) in [5, 5.41) is 6.59. The molecule has 0 aliphatic carbocycles. The predicted molar refractivity (Wildman–Crippen MR) is 96.0 cm³/mol. The average Bonchev–Trinajstić information content (AvgIpc) is 2.98. The molecule has 6 nitrogen and oxygen atoms in total. The summed E-state index contributed by atoms with van der Waals surface area (Å²) >= 11 is 6.08. The molecule has 0 saturated heterocycles. The lowest BCUT2D eigenvalue weighted by Gasteiger charge is -2.09. The minimum atomic E-state index is -0.612. The topological polar surface area (TPSA) is 77.1 Å². The largest absolute Gasteiger partial charge is 0.360 e. The molecule has 1 N–H and O–H groups in total. The van der Waals surface area contributed by atoms with E-state index in [1.807, 2.05) is 6.92 Å². The number of carbonyl (C=O) groups excluding carboxylic acids is 1. The molecule has 0 bridgehead atoms. The summed E-state index contributed by atoms with van der Waals surface area (Å²) < 4.78 is 20.8. The van der Waals surface area contributed by atoms with E-state index in [9.17, 15) is 14.0 Å². The van der Waals surface area contributed by atoms with Gasteiger partial charge in [-0.15, -0.1) is 0 Å². The number of rotatable bonds is 4. The van der Waals surface area contributed by atoms with Gasteiger partial charge < -0.3 is 14.4 Å². The maximum Gasteiger partial charge on any atom is 0.261 e. The third kappa shape index (κ3) is 3.25. The van der Waals surface area contributed by atoms with Crippen LogP contribution in [0.25, 0.3) is 11.3 Å². The molecule has 2 heterocycles. The maximum absolute atomic E-state index is 14.2. The van der Waals surface area contributed by atoms with Gasteiger partial charge in [-0.3, -0.25) is 9.59 Å². The second-order valence-electron chi connectivity index (χ2n) is 5.56. The number of aromatic nitrogens is 2. The molecule has 2 aromatic heterocycles. The quantitative estimate of drug-likeness (QED) is 0.750. The van der Waals surface area contributed by atoms with E-state index in [1.54, 1.807) is 6.92 Å². The summed E-state index contributed by atoms with van der Waals surface area (Å²) in [4.78, 5) is 24.4. The van der Waals surface area contributed by atoms with E-state index in [2.05, 4.69) is 10.5 Å². The second-order valence-corrected chi connectivity index (χ2v) is 5.96. The first-order valence-corrected chi connectivity index (χ1v) is 8.22. The lowest BCUT2D eigenvalue weighted by atomic mass is 10.0. The molecule has 0 saturated carbocycles. The molecular weight excluding hydrogens is 361 g/mol. The van der Waals surface area contributed by atoms with Gasteiger partial charge >= 0.3 is 0 Å². The van der Waals surface area contributed by atoms with Crippen molar-refractivity contribution in [2.45, 2.75) is 20.4 Å². The average molecular weight is 376 g/mol.